The number of thiocarbonyl (C=S) groups is 1. The molecule has 0 aromatic heterocycles. The van der Waals surface area contributed by atoms with Crippen molar-refractivity contribution in [1.29, 1.82) is 0 Å². The van der Waals surface area contributed by atoms with Crippen LogP contribution in [0, 0.1) is 13.8 Å². The predicted molar refractivity (Wildman–Crippen MR) is 119 cm³/mol. The second-order valence-electron chi connectivity index (χ2n) is 6.28. The molecule has 7 nitrogen and oxygen atoms in total. The third kappa shape index (κ3) is 7.28. The van der Waals surface area contributed by atoms with Crippen molar-refractivity contribution in [1.82, 2.24) is 16.2 Å². The molecule has 0 saturated carbocycles. The summed E-state index contributed by atoms with van der Waals surface area (Å²) >= 11 is 8.27. The van der Waals surface area contributed by atoms with Crippen molar-refractivity contribution in [3.8, 4) is 0 Å². The average molecular weight is 477 g/mol. The maximum Gasteiger partial charge on any atom is 0.258 e. The lowest BCUT2D eigenvalue weighted by Gasteiger charge is -2.11. The molecule has 2 aromatic carbocycles. The lowest BCUT2D eigenvalue weighted by molar-refractivity contribution is -0.124. The lowest BCUT2D eigenvalue weighted by atomic mass is 10.1. The average Bonchev–Trinajstić information content (AvgIpc) is 2.68. The third-order valence-corrected chi connectivity index (χ3v) is 4.93. The summed E-state index contributed by atoms with van der Waals surface area (Å²) in [4.78, 5) is 36.0. The van der Waals surface area contributed by atoms with Crippen LogP contribution in [0.3, 0.4) is 0 Å². The van der Waals surface area contributed by atoms with Gasteiger partial charge in [-0.15, -0.1) is 0 Å². The second-order valence-corrected chi connectivity index (χ2v) is 7.55. The van der Waals surface area contributed by atoms with E-state index >= 15 is 0 Å². The molecule has 152 valence electrons. The number of hydrogen-bond acceptors (Lipinski definition) is 4. The molecule has 0 spiro atoms. The van der Waals surface area contributed by atoms with Crippen LogP contribution in [0.5, 0.6) is 0 Å². The summed E-state index contributed by atoms with van der Waals surface area (Å²) in [5.74, 6) is -1.12. The first-order valence-corrected chi connectivity index (χ1v) is 9.98. The van der Waals surface area contributed by atoms with E-state index in [1.807, 2.05) is 32.0 Å². The van der Waals surface area contributed by atoms with Gasteiger partial charge in [-0.25, -0.2) is 0 Å². The first-order chi connectivity index (χ1) is 13.8. The Labute approximate surface area is 182 Å². The molecule has 3 amide bonds. The fraction of sp³-hybridized carbons (Fsp3) is 0.200. The van der Waals surface area contributed by atoms with Crippen LogP contribution in [0.2, 0.25) is 0 Å². The molecule has 2 aromatic rings. The van der Waals surface area contributed by atoms with Crippen molar-refractivity contribution in [2.45, 2.75) is 26.7 Å². The van der Waals surface area contributed by atoms with Gasteiger partial charge >= 0.3 is 0 Å². The Morgan fingerprint density at radius 1 is 0.931 bits per heavy atom. The van der Waals surface area contributed by atoms with E-state index in [9.17, 15) is 14.4 Å². The van der Waals surface area contributed by atoms with Crippen LogP contribution in [0.25, 0.3) is 0 Å². The number of benzene rings is 2. The monoisotopic (exact) mass is 476 g/mol. The van der Waals surface area contributed by atoms with Crippen LogP contribution in [0.4, 0.5) is 5.69 Å². The molecule has 0 fully saturated rings. The summed E-state index contributed by atoms with van der Waals surface area (Å²) < 4.78 is 0.624. The quantitative estimate of drug-likeness (QED) is 0.392. The first-order valence-electron chi connectivity index (χ1n) is 8.78. The lowest BCUT2D eigenvalue weighted by Crippen LogP contribution is -2.48. The third-order valence-electron chi connectivity index (χ3n) is 4.03. The second kappa shape index (κ2) is 10.7. The van der Waals surface area contributed by atoms with Crippen molar-refractivity contribution in [3.63, 3.8) is 0 Å². The number of carbonyl (C=O) groups is 3. The zero-order chi connectivity index (χ0) is 21.4. The van der Waals surface area contributed by atoms with Gasteiger partial charge in [-0.3, -0.25) is 30.6 Å². The van der Waals surface area contributed by atoms with Crippen LogP contribution in [0.1, 0.15) is 34.3 Å². The molecular formula is C20H21BrN4O3S. The summed E-state index contributed by atoms with van der Waals surface area (Å²) in [6, 6.07) is 12.5. The van der Waals surface area contributed by atoms with Crippen LogP contribution < -0.4 is 21.5 Å². The minimum Gasteiger partial charge on any atom is -0.326 e. The number of amides is 3. The number of rotatable bonds is 5. The van der Waals surface area contributed by atoms with Crippen LogP contribution in [-0.4, -0.2) is 22.8 Å². The summed E-state index contributed by atoms with van der Waals surface area (Å²) in [5, 5.41) is 5.15. The molecule has 0 aliphatic rings. The molecule has 0 radical (unpaired) electrons. The van der Waals surface area contributed by atoms with Gasteiger partial charge in [0.1, 0.15) is 0 Å². The van der Waals surface area contributed by atoms with Crippen LogP contribution in [-0.2, 0) is 9.59 Å². The predicted octanol–water partition coefficient (Wildman–Crippen LogP) is 3.12. The molecule has 0 atom stereocenters. The van der Waals surface area contributed by atoms with Crippen LogP contribution >= 0.6 is 28.1 Å². The molecular weight excluding hydrogens is 456 g/mol. The van der Waals surface area contributed by atoms with Gasteiger partial charge in [-0.1, -0.05) is 18.2 Å². The van der Waals surface area contributed by atoms with Crippen molar-refractivity contribution in [2.24, 2.45) is 0 Å². The fourth-order valence-corrected chi connectivity index (χ4v) is 2.91. The highest BCUT2D eigenvalue weighted by Gasteiger charge is 2.12. The Hall–Kier alpha value is -2.78. The summed E-state index contributed by atoms with van der Waals surface area (Å²) in [6.07, 6.45) is -0.0268. The van der Waals surface area contributed by atoms with E-state index in [1.165, 1.54) is 0 Å². The van der Waals surface area contributed by atoms with Crippen molar-refractivity contribution in [2.75, 3.05) is 5.32 Å². The van der Waals surface area contributed by atoms with E-state index < -0.39 is 11.8 Å². The maximum atomic E-state index is 12.1. The topological polar surface area (TPSA) is 99.3 Å². The maximum absolute atomic E-state index is 12.1. The Morgan fingerprint density at radius 3 is 2.31 bits per heavy atom. The fourth-order valence-electron chi connectivity index (χ4n) is 2.31. The first kappa shape index (κ1) is 22.5. The number of nitrogens with one attached hydrogen (secondary N) is 4. The molecule has 4 N–H and O–H groups in total. The summed E-state index contributed by atoms with van der Waals surface area (Å²) in [6.45, 7) is 3.95. The number of anilines is 1. The number of carbonyl (C=O) groups excluding carboxylic acids is 3. The van der Waals surface area contributed by atoms with E-state index in [1.54, 1.807) is 24.3 Å². The van der Waals surface area contributed by atoms with E-state index in [2.05, 4.69) is 37.4 Å². The molecule has 0 heterocycles. The number of aryl methyl sites for hydroxylation is 2. The molecule has 2 rings (SSSR count). The van der Waals surface area contributed by atoms with E-state index in [-0.39, 0.29) is 23.9 Å². The van der Waals surface area contributed by atoms with Gasteiger partial charge < -0.3 is 5.32 Å². The van der Waals surface area contributed by atoms with E-state index in [0.717, 1.165) is 11.1 Å². The van der Waals surface area contributed by atoms with Gasteiger partial charge in [-0.05, 0) is 77.4 Å². The standard InChI is InChI=1S/C20H21BrN4O3S/c1-12-7-8-14(11-13(12)2)22-17(26)9-10-18(27)24-25-20(29)23-19(28)15-5-3-4-6-16(15)21/h3-8,11H,9-10H2,1-2H3,(H,22,26)(H,24,27)(H2,23,25,28,29). The Balaban J connectivity index is 1.71. The largest absolute Gasteiger partial charge is 0.326 e. The molecule has 9 heteroatoms. The summed E-state index contributed by atoms with van der Waals surface area (Å²) in [7, 11) is 0. The highest BCUT2D eigenvalue weighted by molar-refractivity contribution is 9.10. The SMILES string of the molecule is Cc1ccc(NC(=O)CCC(=O)NNC(=S)NC(=O)c2ccccc2Br)cc1C. The van der Waals surface area contributed by atoms with Crippen molar-refractivity contribution in [3.05, 3.63) is 63.6 Å². The minimum absolute atomic E-state index is 0.0104. The Morgan fingerprint density at radius 2 is 1.62 bits per heavy atom. The van der Waals surface area contributed by atoms with Gasteiger partial charge in [-0.2, -0.15) is 0 Å². The normalized spacial score (nSPS) is 10.0. The van der Waals surface area contributed by atoms with Crippen LogP contribution in [0.15, 0.2) is 46.9 Å². The highest BCUT2D eigenvalue weighted by atomic mass is 79.9. The molecule has 0 bridgehead atoms. The zero-order valence-corrected chi connectivity index (χ0v) is 18.4. The number of halogens is 1. The van der Waals surface area contributed by atoms with Gasteiger partial charge in [0.05, 0.1) is 5.56 Å². The molecule has 29 heavy (non-hydrogen) atoms. The van der Waals surface area contributed by atoms with Crippen molar-refractivity contribution >= 4 is 56.7 Å². The molecule has 0 saturated heterocycles. The van der Waals surface area contributed by atoms with Gasteiger partial charge in [0, 0.05) is 23.0 Å². The van der Waals surface area contributed by atoms with Gasteiger partial charge in [0.15, 0.2) is 5.11 Å². The minimum atomic E-state index is -0.433. The van der Waals surface area contributed by atoms with Gasteiger partial charge in [0.25, 0.3) is 5.91 Å². The van der Waals surface area contributed by atoms with Crippen molar-refractivity contribution < 1.29 is 14.4 Å². The number of hydrogen-bond donors (Lipinski definition) is 4. The summed E-state index contributed by atoms with van der Waals surface area (Å²) in [5.41, 5.74) is 8.10. The Kier molecular flexibility index (Phi) is 8.29. The number of hydrazine groups is 1. The highest BCUT2D eigenvalue weighted by Crippen LogP contribution is 2.15. The van der Waals surface area contributed by atoms with Gasteiger partial charge in [0.2, 0.25) is 11.8 Å². The molecule has 0 unspecified atom stereocenters. The Bertz CT molecular complexity index is 949. The smallest absolute Gasteiger partial charge is 0.258 e. The van der Waals surface area contributed by atoms with E-state index in [0.29, 0.717) is 15.7 Å². The molecule has 0 aliphatic heterocycles. The zero-order valence-electron chi connectivity index (χ0n) is 16.0. The molecule has 0 aliphatic carbocycles. The van der Waals surface area contributed by atoms with E-state index in [4.69, 9.17) is 12.2 Å².